The topological polar surface area (TPSA) is 0 Å². The van der Waals surface area contributed by atoms with Crippen LogP contribution in [-0.2, 0) is 0 Å². The molecule has 0 aromatic heterocycles. The Bertz CT molecular complexity index is 280. The van der Waals surface area contributed by atoms with Crippen molar-refractivity contribution in [1.29, 1.82) is 0 Å². The van der Waals surface area contributed by atoms with Crippen molar-refractivity contribution in [1.82, 2.24) is 0 Å². The largest absolute Gasteiger partial charge is 0.0773 e. The summed E-state index contributed by atoms with van der Waals surface area (Å²) in [6.07, 6.45) is 9.36. The molecule has 1 fully saturated rings. The van der Waals surface area contributed by atoms with Gasteiger partial charge in [-0.3, -0.25) is 0 Å². The summed E-state index contributed by atoms with van der Waals surface area (Å²) in [5, 5.41) is 0. The first kappa shape index (κ1) is 13.5. The third kappa shape index (κ3) is 2.42. The second kappa shape index (κ2) is 6.27. The van der Waals surface area contributed by atoms with Gasteiger partial charge in [-0.2, -0.15) is 0 Å². The Morgan fingerprint density at radius 2 is 1.81 bits per heavy atom. The maximum absolute atomic E-state index is 2.59. The predicted octanol–water partition coefficient (Wildman–Crippen LogP) is 5.51. The summed E-state index contributed by atoms with van der Waals surface area (Å²) in [6, 6.07) is 0. The molecule has 0 heteroatoms. The van der Waals surface area contributed by atoms with Crippen LogP contribution < -0.4 is 0 Å². The molecular formula is C16H28. The van der Waals surface area contributed by atoms with Crippen LogP contribution in [0.2, 0.25) is 0 Å². The Kier molecular flexibility index (Phi) is 5.31. The molecule has 0 saturated heterocycles. The number of fused-ring (bicyclic) bond motifs is 1. The molecule has 0 aromatic rings. The van der Waals surface area contributed by atoms with Crippen molar-refractivity contribution >= 4 is 0 Å². The van der Waals surface area contributed by atoms with Gasteiger partial charge in [0.25, 0.3) is 0 Å². The Hall–Kier alpha value is -0.520. The van der Waals surface area contributed by atoms with Gasteiger partial charge in [0.2, 0.25) is 0 Å². The van der Waals surface area contributed by atoms with Crippen molar-refractivity contribution in [2.75, 3.05) is 0 Å². The monoisotopic (exact) mass is 220 g/mol. The van der Waals surface area contributed by atoms with Gasteiger partial charge in [0.1, 0.15) is 0 Å². The fourth-order valence-corrected chi connectivity index (χ4v) is 3.40. The van der Waals surface area contributed by atoms with Crippen LogP contribution in [0.25, 0.3) is 0 Å². The van der Waals surface area contributed by atoms with Crippen molar-refractivity contribution in [2.45, 2.75) is 66.7 Å². The smallest absolute Gasteiger partial charge is 0.0137 e. The summed E-state index contributed by atoms with van der Waals surface area (Å²) in [5.74, 6) is 1.79. The molecule has 0 aromatic carbocycles. The van der Waals surface area contributed by atoms with E-state index in [9.17, 15) is 0 Å². The zero-order valence-electron chi connectivity index (χ0n) is 11.8. The van der Waals surface area contributed by atoms with E-state index in [1.807, 2.05) is 13.8 Å². The summed E-state index contributed by atoms with van der Waals surface area (Å²) in [4.78, 5) is 0. The van der Waals surface area contributed by atoms with E-state index >= 15 is 0 Å². The van der Waals surface area contributed by atoms with E-state index in [1.165, 1.54) is 32.1 Å². The van der Waals surface area contributed by atoms with Crippen molar-refractivity contribution in [3.05, 3.63) is 22.8 Å². The second-order valence-corrected chi connectivity index (χ2v) is 4.76. The summed E-state index contributed by atoms with van der Waals surface area (Å²) in [6.45, 7) is 11.0. The molecule has 0 spiro atoms. The van der Waals surface area contributed by atoms with Gasteiger partial charge in [0.05, 0.1) is 0 Å². The minimum absolute atomic E-state index is 0.889. The zero-order valence-corrected chi connectivity index (χ0v) is 11.8. The maximum atomic E-state index is 2.59. The van der Waals surface area contributed by atoms with Crippen LogP contribution in [0.1, 0.15) is 66.7 Å². The van der Waals surface area contributed by atoms with E-state index in [4.69, 9.17) is 0 Å². The lowest BCUT2D eigenvalue weighted by Gasteiger charge is -2.28. The van der Waals surface area contributed by atoms with Gasteiger partial charge in [-0.25, -0.2) is 0 Å². The molecule has 0 nitrogen and oxygen atoms in total. The van der Waals surface area contributed by atoms with E-state index in [2.05, 4.69) is 26.8 Å². The first-order chi connectivity index (χ1) is 7.77. The Morgan fingerprint density at radius 3 is 2.38 bits per heavy atom. The molecule has 0 N–H and O–H groups in total. The number of hydrogen-bond donors (Lipinski definition) is 0. The molecule has 0 radical (unpaired) electrons. The van der Waals surface area contributed by atoms with E-state index < -0.39 is 0 Å². The SMILES string of the molecule is CC.CCC1=CC2CCCC2C(C)=C1CC. The molecule has 0 amide bonds. The van der Waals surface area contributed by atoms with Crippen molar-refractivity contribution in [3.8, 4) is 0 Å². The van der Waals surface area contributed by atoms with E-state index in [1.54, 1.807) is 16.7 Å². The second-order valence-electron chi connectivity index (χ2n) is 4.76. The van der Waals surface area contributed by atoms with Crippen molar-refractivity contribution in [2.24, 2.45) is 11.8 Å². The third-order valence-electron chi connectivity index (χ3n) is 4.14. The molecule has 0 aliphatic heterocycles. The first-order valence-corrected chi connectivity index (χ1v) is 7.18. The van der Waals surface area contributed by atoms with Gasteiger partial charge in [-0.05, 0) is 55.6 Å². The molecule has 2 aliphatic carbocycles. The molecule has 2 aliphatic rings. The average molecular weight is 220 g/mol. The lowest BCUT2D eigenvalue weighted by atomic mass is 9.77. The minimum Gasteiger partial charge on any atom is -0.0773 e. The minimum atomic E-state index is 0.889. The summed E-state index contributed by atoms with van der Waals surface area (Å²) in [5.41, 5.74) is 5.04. The Morgan fingerprint density at radius 1 is 1.12 bits per heavy atom. The lowest BCUT2D eigenvalue weighted by molar-refractivity contribution is 0.508. The fraction of sp³-hybridized carbons (Fsp3) is 0.750. The van der Waals surface area contributed by atoms with Crippen LogP contribution in [-0.4, -0.2) is 0 Å². The third-order valence-corrected chi connectivity index (χ3v) is 4.14. The number of hydrogen-bond acceptors (Lipinski definition) is 0. The number of allylic oxidation sites excluding steroid dienone is 4. The highest BCUT2D eigenvalue weighted by molar-refractivity contribution is 5.40. The predicted molar refractivity (Wildman–Crippen MR) is 73.5 cm³/mol. The van der Waals surface area contributed by atoms with Gasteiger partial charge in [0, 0.05) is 0 Å². The molecule has 1 saturated carbocycles. The van der Waals surface area contributed by atoms with Gasteiger partial charge in [0.15, 0.2) is 0 Å². The first-order valence-electron chi connectivity index (χ1n) is 7.18. The van der Waals surface area contributed by atoms with Crippen LogP contribution in [0.5, 0.6) is 0 Å². The summed E-state index contributed by atoms with van der Waals surface area (Å²) >= 11 is 0. The van der Waals surface area contributed by atoms with Gasteiger partial charge in [-0.1, -0.05) is 45.8 Å². The highest BCUT2D eigenvalue weighted by atomic mass is 14.4. The standard InChI is InChI=1S/C14H22.C2H6/c1-4-11-9-12-7-6-8-14(12)10(3)13(11)5-2;1-2/h9,12,14H,4-8H2,1-3H3;1-2H3. The molecule has 16 heavy (non-hydrogen) atoms. The summed E-state index contributed by atoms with van der Waals surface area (Å²) in [7, 11) is 0. The quantitative estimate of drug-likeness (QED) is 0.576. The van der Waals surface area contributed by atoms with Crippen molar-refractivity contribution < 1.29 is 0 Å². The molecule has 2 rings (SSSR count). The van der Waals surface area contributed by atoms with E-state index in [0.29, 0.717) is 0 Å². The Balaban J connectivity index is 0.000000606. The van der Waals surface area contributed by atoms with Crippen molar-refractivity contribution in [3.63, 3.8) is 0 Å². The van der Waals surface area contributed by atoms with Crippen LogP contribution in [0.3, 0.4) is 0 Å². The van der Waals surface area contributed by atoms with Gasteiger partial charge >= 0.3 is 0 Å². The van der Waals surface area contributed by atoms with E-state index in [-0.39, 0.29) is 0 Å². The number of rotatable bonds is 2. The Labute approximate surface area is 102 Å². The lowest BCUT2D eigenvalue weighted by Crippen LogP contribution is -2.15. The van der Waals surface area contributed by atoms with E-state index in [0.717, 1.165) is 11.8 Å². The highest BCUT2D eigenvalue weighted by Gasteiger charge is 2.31. The molecule has 0 heterocycles. The molecule has 0 bridgehead atoms. The fourth-order valence-electron chi connectivity index (χ4n) is 3.40. The normalized spacial score (nSPS) is 28.2. The average Bonchev–Trinajstić information content (AvgIpc) is 2.80. The van der Waals surface area contributed by atoms with Crippen LogP contribution in [0.4, 0.5) is 0 Å². The maximum Gasteiger partial charge on any atom is -0.0137 e. The van der Waals surface area contributed by atoms with Gasteiger partial charge in [-0.15, -0.1) is 0 Å². The van der Waals surface area contributed by atoms with Crippen LogP contribution in [0, 0.1) is 11.8 Å². The zero-order chi connectivity index (χ0) is 12.1. The molecule has 2 atom stereocenters. The summed E-state index contributed by atoms with van der Waals surface area (Å²) < 4.78 is 0. The molecule has 92 valence electrons. The van der Waals surface area contributed by atoms with Crippen LogP contribution >= 0.6 is 0 Å². The highest BCUT2D eigenvalue weighted by Crippen LogP contribution is 2.45. The van der Waals surface area contributed by atoms with Gasteiger partial charge < -0.3 is 0 Å². The molecule has 2 unspecified atom stereocenters. The molecular weight excluding hydrogens is 192 g/mol. The van der Waals surface area contributed by atoms with Crippen LogP contribution in [0.15, 0.2) is 22.8 Å².